The number of carbonyl (C=O) groups is 1. The third kappa shape index (κ3) is 4.80. The zero-order valence-electron chi connectivity index (χ0n) is 19.9. The Morgan fingerprint density at radius 3 is 2.82 bits per heavy atom. The molecular formula is C25H34N6O3. The number of aromatic nitrogens is 1. The van der Waals surface area contributed by atoms with Gasteiger partial charge in [0.1, 0.15) is 35.7 Å². The van der Waals surface area contributed by atoms with Crippen molar-refractivity contribution in [3.05, 3.63) is 35.7 Å². The Balaban J connectivity index is 1.15. The Labute approximate surface area is 200 Å². The maximum Gasteiger partial charge on any atom is 0.225 e. The molecule has 3 fully saturated rings. The van der Waals surface area contributed by atoms with Gasteiger partial charge < -0.3 is 20.2 Å². The molecule has 1 aromatic rings. The second-order valence-corrected chi connectivity index (χ2v) is 9.73. The predicted molar refractivity (Wildman–Crippen MR) is 130 cm³/mol. The molecule has 4 aliphatic rings. The normalized spacial score (nSPS) is 24.3. The number of hydrogen-bond acceptors (Lipinski definition) is 8. The number of carbonyl (C=O) groups excluding carboxylic acids is 1. The van der Waals surface area contributed by atoms with Gasteiger partial charge in [0.25, 0.3) is 0 Å². The number of nitrogen functional groups attached to an aromatic ring is 1. The number of oxime groups is 1. The monoisotopic (exact) mass is 466 g/mol. The van der Waals surface area contributed by atoms with Gasteiger partial charge in [0.15, 0.2) is 0 Å². The number of aliphatic imine (C=N–C) groups is 1. The average molecular weight is 467 g/mol. The van der Waals surface area contributed by atoms with Gasteiger partial charge in [-0.3, -0.25) is 14.7 Å². The molecule has 1 amide bonds. The molecule has 3 saturated heterocycles. The maximum absolute atomic E-state index is 13.3. The molecule has 9 heteroatoms. The summed E-state index contributed by atoms with van der Waals surface area (Å²) in [6.07, 6.45) is 8.82. The highest BCUT2D eigenvalue weighted by molar-refractivity contribution is 6.48. The number of piperidine rings is 2. The van der Waals surface area contributed by atoms with Crippen molar-refractivity contribution in [2.75, 3.05) is 45.6 Å². The lowest BCUT2D eigenvalue weighted by Crippen LogP contribution is -2.54. The molecule has 0 saturated carbocycles. The van der Waals surface area contributed by atoms with Crippen LogP contribution in [-0.2, 0) is 20.9 Å². The molecule has 1 aromatic heterocycles. The standard InChI is InChI=1S/C25H34N6O3/c1-33-29-20-16-25(34-21-3-2-9-28-23(20)21)7-13-31(14-8-25)24(32)19-5-11-30(12-6-19)17-18-4-10-27-22(26)15-18/h3-4,10,15,19H,2,5-9,11-14,16-17H2,1H3,(H2,26,27)/b29-20-. The zero-order chi connectivity index (χ0) is 23.5. The van der Waals surface area contributed by atoms with Gasteiger partial charge in [-0.1, -0.05) is 5.16 Å². The third-order valence-electron chi connectivity index (χ3n) is 7.43. The molecule has 4 aliphatic heterocycles. The summed E-state index contributed by atoms with van der Waals surface area (Å²) in [6, 6.07) is 3.93. The molecular weight excluding hydrogens is 432 g/mol. The molecule has 0 bridgehead atoms. The summed E-state index contributed by atoms with van der Waals surface area (Å²) in [5, 5.41) is 4.26. The predicted octanol–water partition coefficient (Wildman–Crippen LogP) is 2.39. The minimum Gasteiger partial charge on any atom is -0.485 e. The highest BCUT2D eigenvalue weighted by Gasteiger charge is 2.46. The number of amides is 1. The van der Waals surface area contributed by atoms with Crippen LogP contribution < -0.4 is 5.73 Å². The van der Waals surface area contributed by atoms with E-state index in [2.05, 4.69) is 26.1 Å². The van der Waals surface area contributed by atoms with Crippen molar-refractivity contribution in [1.82, 2.24) is 14.8 Å². The summed E-state index contributed by atoms with van der Waals surface area (Å²) in [5.74, 6) is 1.78. The lowest BCUT2D eigenvalue weighted by atomic mass is 9.81. The summed E-state index contributed by atoms with van der Waals surface area (Å²) >= 11 is 0. The van der Waals surface area contributed by atoms with Crippen molar-refractivity contribution in [2.45, 2.75) is 50.7 Å². The summed E-state index contributed by atoms with van der Waals surface area (Å²) in [4.78, 5) is 31.5. The summed E-state index contributed by atoms with van der Waals surface area (Å²) in [6.45, 7) is 4.89. The van der Waals surface area contributed by atoms with Crippen molar-refractivity contribution in [1.29, 1.82) is 0 Å². The van der Waals surface area contributed by atoms with Crippen LogP contribution in [-0.4, -0.2) is 77.5 Å². The minimum absolute atomic E-state index is 0.102. The Hall–Kier alpha value is -2.94. The maximum atomic E-state index is 13.3. The molecule has 9 nitrogen and oxygen atoms in total. The van der Waals surface area contributed by atoms with Crippen LogP contribution in [0.25, 0.3) is 0 Å². The molecule has 0 unspecified atom stereocenters. The van der Waals surface area contributed by atoms with Gasteiger partial charge in [0.2, 0.25) is 5.91 Å². The first-order valence-electron chi connectivity index (χ1n) is 12.3. The third-order valence-corrected chi connectivity index (χ3v) is 7.43. The number of pyridine rings is 1. The Bertz CT molecular complexity index is 1000. The van der Waals surface area contributed by atoms with Gasteiger partial charge >= 0.3 is 0 Å². The van der Waals surface area contributed by atoms with Crippen molar-refractivity contribution in [3.8, 4) is 0 Å². The van der Waals surface area contributed by atoms with Crippen LogP contribution >= 0.6 is 0 Å². The van der Waals surface area contributed by atoms with Crippen LogP contribution in [0.3, 0.4) is 0 Å². The van der Waals surface area contributed by atoms with Crippen LogP contribution in [0.4, 0.5) is 5.82 Å². The fourth-order valence-corrected chi connectivity index (χ4v) is 5.57. The zero-order valence-corrected chi connectivity index (χ0v) is 19.9. The second-order valence-electron chi connectivity index (χ2n) is 9.73. The van der Waals surface area contributed by atoms with Gasteiger partial charge in [-0.2, -0.15) is 0 Å². The van der Waals surface area contributed by atoms with Gasteiger partial charge in [-0.25, -0.2) is 4.98 Å². The van der Waals surface area contributed by atoms with Crippen molar-refractivity contribution >= 4 is 23.1 Å². The van der Waals surface area contributed by atoms with E-state index >= 15 is 0 Å². The summed E-state index contributed by atoms with van der Waals surface area (Å²) in [5.41, 5.74) is 8.34. The van der Waals surface area contributed by atoms with E-state index in [1.807, 2.05) is 17.0 Å². The number of nitrogens with two attached hydrogens (primary N) is 1. The molecule has 0 aliphatic carbocycles. The molecule has 182 valence electrons. The van der Waals surface area contributed by atoms with Gasteiger partial charge in [-0.15, -0.1) is 0 Å². The molecule has 5 heterocycles. The number of likely N-dealkylation sites (tertiary alicyclic amines) is 2. The number of fused-ring (bicyclic) bond motifs is 1. The molecule has 2 N–H and O–H groups in total. The van der Waals surface area contributed by atoms with Crippen LogP contribution in [0.5, 0.6) is 0 Å². The van der Waals surface area contributed by atoms with Crippen LogP contribution in [0.1, 0.15) is 44.1 Å². The van der Waals surface area contributed by atoms with Crippen LogP contribution in [0.2, 0.25) is 0 Å². The van der Waals surface area contributed by atoms with E-state index in [1.165, 1.54) is 5.56 Å². The number of dihydropyridines is 1. The Morgan fingerprint density at radius 1 is 1.29 bits per heavy atom. The lowest BCUT2D eigenvalue weighted by Gasteiger charge is -2.46. The molecule has 0 aromatic carbocycles. The number of nitrogens with zero attached hydrogens (tertiary/aromatic N) is 5. The van der Waals surface area contributed by atoms with E-state index in [-0.39, 0.29) is 11.5 Å². The lowest BCUT2D eigenvalue weighted by molar-refractivity contribution is -0.141. The number of allylic oxidation sites excluding steroid dienone is 1. The minimum atomic E-state index is -0.327. The number of ether oxygens (including phenoxy) is 1. The SMILES string of the molecule is CO/N=C1/CC2(CCN(C(=O)C3CCN(Cc4ccnc(N)c4)CC3)CC2)OC2=CCCN=C21. The molecule has 34 heavy (non-hydrogen) atoms. The van der Waals surface area contributed by atoms with E-state index in [0.717, 1.165) is 88.6 Å². The van der Waals surface area contributed by atoms with Crippen LogP contribution in [0, 0.1) is 5.92 Å². The summed E-state index contributed by atoms with van der Waals surface area (Å²) < 4.78 is 6.48. The first-order chi connectivity index (χ1) is 16.5. The Morgan fingerprint density at radius 2 is 2.09 bits per heavy atom. The van der Waals surface area contributed by atoms with E-state index in [9.17, 15) is 4.79 Å². The van der Waals surface area contributed by atoms with Crippen molar-refractivity contribution in [3.63, 3.8) is 0 Å². The van der Waals surface area contributed by atoms with E-state index in [4.69, 9.17) is 15.3 Å². The Kier molecular flexibility index (Phi) is 6.54. The van der Waals surface area contributed by atoms with Gasteiger partial charge in [-0.05, 0) is 56.1 Å². The van der Waals surface area contributed by atoms with Crippen molar-refractivity contribution in [2.24, 2.45) is 16.1 Å². The average Bonchev–Trinajstić information content (AvgIpc) is 2.85. The van der Waals surface area contributed by atoms with Crippen LogP contribution in [0.15, 0.2) is 40.3 Å². The topological polar surface area (TPSA) is 106 Å². The number of rotatable bonds is 4. The fraction of sp³-hybridized carbons (Fsp3) is 0.600. The largest absolute Gasteiger partial charge is 0.485 e. The highest BCUT2D eigenvalue weighted by Crippen LogP contribution is 2.38. The molecule has 5 rings (SSSR count). The highest BCUT2D eigenvalue weighted by atomic mass is 16.6. The quantitative estimate of drug-likeness (QED) is 0.683. The first kappa shape index (κ1) is 22.8. The summed E-state index contributed by atoms with van der Waals surface area (Å²) in [7, 11) is 1.57. The smallest absolute Gasteiger partial charge is 0.225 e. The molecule has 0 radical (unpaired) electrons. The molecule has 1 spiro atoms. The van der Waals surface area contributed by atoms with E-state index < -0.39 is 0 Å². The first-order valence-corrected chi connectivity index (χ1v) is 12.3. The molecule has 0 atom stereocenters. The van der Waals surface area contributed by atoms with E-state index in [1.54, 1.807) is 13.3 Å². The van der Waals surface area contributed by atoms with Crippen molar-refractivity contribution < 1.29 is 14.4 Å². The number of anilines is 1. The fourth-order valence-electron chi connectivity index (χ4n) is 5.57. The second kappa shape index (κ2) is 9.74. The number of hydrogen-bond donors (Lipinski definition) is 1. The van der Waals surface area contributed by atoms with Gasteiger partial charge in [0, 0.05) is 57.6 Å². The van der Waals surface area contributed by atoms with E-state index in [0.29, 0.717) is 18.1 Å². The van der Waals surface area contributed by atoms with Gasteiger partial charge in [0.05, 0.1) is 0 Å².